The van der Waals surface area contributed by atoms with E-state index >= 15 is 0 Å². The highest BCUT2D eigenvalue weighted by molar-refractivity contribution is 7.92. The number of carbonyl (C=O) groups excluding carboxylic acids is 1. The second kappa shape index (κ2) is 8.02. The van der Waals surface area contributed by atoms with Crippen molar-refractivity contribution in [2.45, 2.75) is 23.1 Å². The van der Waals surface area contributed by atoms with Crippen molar-refractivity contribution < 1.29 is 21.6 Å². The fraction of sp³-hybridized carbons (Fsp3) is 0.316. The Morgan fingerprint density at radius 2 is 1.94 bits per heavy atom. The van der Waals surface area contributed by atoms with Crippen molar-refractivity contribution in [3.05, 3.63) is 53.9 Å². The van der Waals surface area contributed by atoms with E-state index in [-0.39, 0.29) is 36.9 Å². The van der Waals surface area contributed by atoms with Crippen LogP contribution in [0.3, 0.4) is 0 Å². The van der Waals surface area contributed by atoms with Gasteiger partial charge in [-0.3, -0.25) is 9.89 Å². The molecule has 3 heterocycles. The number of sulfonamides is 1. The van der Waals surface area contributed by atoms with E-state index in [0.717, 1.165) is 17.2 Å². The third-order valence-corrected chi connectivity index (χ3v) is 8.74. The molecule has 3 aromatic rings. The molecule has 1 saturated heterocycles. The lowest BCUT2D eigenvalue weighted by atomic mass is 10.2. The highest BCUT2D eigenvalue weighted by Gasteiger charge is 2.37. The van der Waals surface area contributed by atoms with Crippen molar-refractivity contribution in [3.8, 4) is 0 Å². The molecule has 0 spiro atoms. The molecule has 2 aromatic heterocycles. The maximum absolute atomic E-state index is 12.8. The molecule has 1 unspecified atom stereocenters. The van der Waals surface area contributed by atoms with Gasteiger partial charge < -0.3 is 5.32 Å². The topological polar surface area (TPSA) is 142 Å². The van der Waals surface area contributed by atoms with Crippen LogP contribution in [0.15, 0.2) is 47.6 Å². The standard InChI is InChI=1S/C19H21N5O5S2/c1-30(26,27)24-7-6-17(12-24)31(28,29)16-4-2-13(3-5-16)9-21-19(25)15-8-14-11-22-23-18(14)20-10-15/h2-5,8,10-11,17H,6-7,9,12H2,1H3,(H,21,25)(H,20,22,23). The molecule has 0 aliphatic carbocycles. The Kier molecular flexibility index (Phi) is 5.54. The Morgan fingerprint density at radius 1 is 1.19 bits per heavy atom. The van der Waals surface area contributed by atoms with Gasteiger partial charge in [0.1, 0.15) is 0 Å². The number of pyridine rings is 1. The third-order valence-electron chi connectivity index (χ3n) is 5.27. The maximum atomic E-state index is 12.8. The maximum Gasteiger partial charge on any atom is 0.253 e. The Hall–Kier alpha value is -2.83. The van der Waals surface area contributed by atoms with Crippen LogP contribution < -0.4 is 5.32 Å². The lowest BCUT2D eigenvalue weighted by Gasteiger charge is -2.14. The fourth-order valence-corrected chi connectivity index (χ4v) is 6.16. The lowest BCUT2D eigenvalue weighted by molar-refractivity contribution is 0.0950. The summed E-state index contributed by atoms with van der Waals surface area (Å²) in [6.45, 7) is 0.383. The van der Waals surface area contributed by atoms with Crippen LogP contribution in [0.5, 0.6) is 0 Å². The van der Waals surface area contributed by atoms with E-state index in [1.54, 1.807) is 24.4 Å². The Bertz CT molecular complexity index is 1330. The van der Waals surface area contributed by atoms with Crippen LogP contribution in [0, 0.1) is 0 Å². The molecule has 31 heavy (non-hydrogen) atoms. The smallest absolute Gasteiger partial charge is 0.253 e. The largest absolute Gasteiger partial charge is 0.348 e. The first-order chi connectivity index (χ1) is 14.6. The number of nitrogens with one attached hydrogen (secondary N) is 2. The molecule has 1 fully saturated rings. The quantitative estimate of drug-likeness (QED) is 0.548. The highest BCUT2D eigenvalue weighted by atomic mass is 32.2. The average molecular weight is 464 g/mol. The number of hydrogen-bond donors (Lipinski definition) is 2. The number of rotatable bonds is 6. The van der Waals surface area contributed by atoms with Crippen LogP contribution in [0.1, 0.15) is 22.3 Å². The molecule has 0 bridgehead atoms. The first-order valence-corrected chi connectivity index (χ1v) is 12.9. The molecule has 12 heteroatoms. The van der Waals surface area contributed by atoms with Gasteiger partial charge in [0.25, 0.3) is 5.91 Å². The summed E-state index contributed by atoms with van der Waals surface area (Å²) < 4.78 is 50.2. The van der Waals surface area contributed by atoms with Gasteiger partial charge in [0.15, 0.2) is 15.5 Å². The summed E-state index contributed by atoms with van der Waals surface area (Å²) in [7, 11) is -7.06. The minimum absolute atomic E-state index is 0.0337. The molecular formula is C19H21N5O5S2. The summed E-state index contributed by atoms with van der Waals surface area (Å²) in [5, 5.41) is 9.32. The number of amides is 1. The van der Waals surface area contributed by atoms with Gasteiger partial charge in [-0.05, 0) is 30.2 Å². The van der Waals surface area contributed by atoms with Crippen LogP contribution in [0.25, 0.3) is 11.0 Å². The van der Waals surface area contributed by atoms with Crippen molar-refractivity contribution in [2.75, 3.05) is 19.3 Å². The Balaban J connectivity index is 1.40. The fourth-order valence-electron chi connectivity index (χ4n) is 3.49. The summed E-state index contributed by atoms with van der Waals surface area (Å²) in [5.41, 5.74) is 1.72. The van der Waals surface area contributed by atoms with Gasteiger partial charge in [-0.15, -0.1) is 0 Å². The lowest BCUT2D eigenvalue weighted by Crippen LogP contribution is -2.31. The first-order valence-electron chi connectivity index (χ1n) is 9.50. The first kappa shape index (κ1) is 21.4. The van der Waals surface area contributed by atoms with Crippen molar-refractivity contribution in [3.63, 3.8) is 0 Å². The molecule has 1 aliphatic heterocycles. The van der Waals surface area contributed by atoms with Gasteiger partial charge in [0.2, 0.25) is 10.0 Å². The normalized spacial score (nSPS) is 17.8. The number of aromatic nitrogens is 3. The molecule has 10 nitrogen and oxygen atoms in total. The van der Waals surface area contributed by atoms with Gasteiger partial charge in [-0.2, -0.15) is 5.10 Å². The Labute approximate surface area is 179 Å². The van der Waals surface area contributed by atoms with E-state index in [2.05, 4.69) is 20.5 Å². The summed E-state index contributed by atoms with van der Waals surface area (Å²) in [6, 6.07) is 7.91. The van der Waals surface area contributed by atoms with Crippen LogP contribution in [-0.2, 0) is 26.4 Å². The molecule has 164 valence electrons. The number of benzene rings is 1. The van der Waals surface area contributed by atoms with Crippen molar-refractivity contribution in [2.24, 2.45) is 0 Å². The summed E-state index contributed by atoms with van der Waals surface area (Å²) in [4.78, 5) is 16.6. The number of H-pyrrole nitrogens is 1. The number of nitrogens with zero attached hydrogens (tertiary/aromatic N) is 3. The molecule has 1 aromatic carbocycles. The predicted molar refractivity (Wildman–Crippen MR) is 114 cm³/mol. The number of hydrogen-bond acceptors (Lipinski definition) is 7. The third kappa shape index (κ3) is 4.45. The summed E-state index contributed by atoms with van der Waals surface area (Å²) in [6.07, 6.45) is 4.38. The number of aromatic amines is 1. The Morgan fingerprint density at radius 3 is 2.61 bits per heavy atom. The van der Waals surface area contributed by atoms with Gasteiger partial charge in [0, 0.05) is 31.2 Å². The van der Waals surface area contributed by atoms with E-state index in [0.29, 0.717) is 11.2 Å². The molecular weight excluding hydrogens is 442 g/mol. The second-order valence-electron chi connectivity index (χ2n) is 7.44. The van der Waals surface area contributed by atoms with Crippen LogP contribution in [-0.4, -0.2) is 66.8 Å². The average Bonchev–Trinajstić information content (AvgIpc) is 3.41. The molecule has 4 rings (SSSR count). The van der Waals surface area contributed by atoms with E-state index < -0.39 is 25.1 Å². The molecule has 2 N–H and O–H groups in total. The van der Waals surface area contributed by atoms with E-state index in [4.69, 9.17) is 0 Å². The zero-order valence-electron chi connectivity index (χ0n) is 16.6. The zero-order chi connectivity index (χ0) is 22.2. The van der Waals surface area contributed by atoms with Crippen molar-refractivity contribution >= 4 is 36.8 Å². The zero-order valence-corrected chi connectivity index (χ0v) is 18.3. The SMILES string of the molecule is CS(=O)(=O)N1CCC(S(=O)(=O)c2ccc(CNC(=O)c3cnc4[nH]ncc4c3)cc2)C1. The second-order valence-corrected chi connectivity index (χ2v) is 11.6. The van der Waals surface area contributed by atoms with E-state index in [9.17, 15) is 21.6 Å². The van der Waals surface area contributed by atoms with Crippen LogP contribution in [0.4, 0.5) is 0 Å². The van der Waals surface area contributed by atoms with Crippen LogP contribution >= 0.6 is 0 Å². The highest BCUT2D eigenvalue weighted by Crippen LogP contribution is 2.25. The summed E-state index contributed by atoms with van der Waals surface area (Å²) in [5.74, 6) is -0.306. The van der Waals surface area contributed by atoms with Gasteiger partial charge >= 0.3 is 0 Å². The predicted octanol–water partition coefficient (Wildman–Crippen LogP) is 0.696. The van der Waals surface area contributed by atoms with Gasteiger partial charge in [0.05, 0.1) is 28.2 Å². The molecule has 0 radical (unpaired) electrons. The summed E-state index contributed by atoms with van der Waals surface area (Å²) >= 11 is 0. The van der Waals surface area contributed by atoms with Crippen molar-refractivity contribution in [1.82, 2.24) is 24.8 Å². The van der Waals surface area contributed by atoms with Gasteiger partial charge in [-0.1, -0.05) is 12.1 Å². The van der Waals surface area contributed by atoms with E-state index in [1.807, 2.05) is 0 Å². The number of carbonyl (C=O) groups is 1. The van der Waals surface area contributed by atoms with Crippen molar-refractivity contribution in [1.29, 1.82) is 0 Å². The number of sulfone groups is 1. The van der Waals surface area contributed by atoms with Crippen LogP contribution in [0.2, 0.25) is 0 Å². The molecule has 0 saturated carbocycles. The number of fused-ring (bicyclic) bond motifs is 1. The molecule has 1 amide bonds. The van der Waals surface area contributed by atoms with E-state index in [1.165, 1.54) is 22.6 Å². The molecule has 1 atom stereocenters. The van der Waals surface area contributed by atoms with Gasteiger partial charge in [-0.25, -0.2) is 26.1 Å². The minimum atomic E-state index is -3.65. The molecule has 1 aliphatic rings. The minimum Gasteiger partial charge on any atom is -0.348 e. The monoisotopic (exact) mass is 463 g/mol.